The van der Waals surface area contributed by atoms with Crippen LogP contribution < -0.4 is 14.8 Å². The molecule has 2 aromatic heterocycles. The van der Waals surface area contributed by atoms with Crippen LogP contribution in [-0.2, 0) is 11.3 Å². The van der Waals surface area contributed by atoms with Gasteiger partial charge in [-0.3, -0.25) is 4.79 Å². The van der Waals surface area contributed by atoms with Crippen molar-refractivity contribution in [1.82, 2.24) is 15.5 Å². The largest absolute Gasteiger partial charge is 0.485 e. The number of carbonyl (C=O) groups excluding carboxylic acids is 1. The summed E-state index contributed by atoms with van der Waals surface area (Å²) in [6, 6.07) is 11.0. The summed E-state index contributed by atoms with van der Waals surface area (Å²) >= 11 is 1.16. The Morgan fingerprint density at radius 2 is 2.08 bits per heavy atom. The van der Waals surface area contributed by atoms with Crippen molar-refractivity contribution in [2.24, 2.45) is 0 Å². The number of furan rings is 1. The third-order valence-electron chi connectivity index (χ3n) is 3.57. The van der Waals surface area contributed by atoms with Crippen molar-refractivity contribution in [3.8, 4) is 11.5 Å². The van der Waals surface area contributed by atoms with Crippen LogP contribution in [0.2, 0.25) is 0 Å². The third kappa shape index (κ3) is 3.83. The minimum absolute atomic E-state index is 0.155. The van der Waals surface area contributed by atoms with Crippen molar-refractivity contribution in [3.63, 3.8) is 0 Å². The van der Waals surface area contributed by atoms with Gasteiger partial charge in [0.25, 0.3) is 11.1 Å². The second kappa shape index (κ2) is 7.52. The highest BCUT2D eigenvalue weighted by atomic mass is 32.2. The van der Waals surface area contributed by atoms with E-state index in [-0.39, 0.29) is 18.3 Å². The Morgan fingerprint density at radius 1 is 1.19 bits per heavy atom. The number of benzene rings is 1. The molecule has 1 aromatic carbocycles. The maximum atomic E-state index is 11.8. The summed E-state index contributed by atoms with van der Waals surface area (Å²) in [5.74, 6) is 2.33. The molecule has 1 unspecified atom stereocenters. The van der Waals surface area contributed by atoms with E-state index in [1.54, 1.807) is 18.4 Å². The third-order valence-corrected chi connectivity index (χ3v) is 4.39. The van der Waals surface area contributed by atoms with Crippen molar-refractivity contribution >= 4 is 17.7 Å². The summed E-state index contributed by atoms with van der Waals surface area (Å²) in [6.45, 7) is 0.626. The van der Waals surface area contributed by atoms with Crippen molar-refractivity contribution < 1.29 is 23.1 Å². The predicted molar refractivity (Wildman–Crippen MR) is 90.9 cm³/mol. The smallest absolute Gasteiger partial charge is 0.277 e. The van der Waals surface area contributed by atoms with Gasteiger partial charge >= 0.3 is 0 Å². The summed E-state index contributed by atoms with van der Waals surface area (Å²) in [6.07, 6.45) is 1.09. The fraction of sp³-hybridized carbons (Fsp3) is 0.235. The molecule has 1 aliphatic rings. The molecule has 8 nitrogen and oxygen atoms in total. The lowest BCUT2D eigenvalue weighted by Crippen LogP contribution is -2.24. The van der Waals surface area contributed by atoms with Crippen molar-refractivity contribution in [2.45, 2.75) is 17.9 Å². The monoisotopic (exact) mass is 373 g/mol. The molecule has 0 saturated heterocycles. The summed E-state index contributed by atoms with van der Waals surface area (Å²) in [5, 5.41) is 11.0. The van der Waals surface area contributed by atoms with Crippen LogP contribution in [0.15, 0.2) is 56.7 Å². The van der Waals surface area contributed by atoms with Crippen molar-refractivity contribution in [2.75, 3.05) is 12.4 Å². The molecule has 1 amide bonds. The Bertz CT molecular complexity index is 880. The molecular weight excluding hydrogens is 358 g/mol. The quantitative estimate of drug-likeness (QED) is 0.658. The van der Waals surface area contributed by atoms with E-state index in [1.807, 2.05) is 24.3 Å². The molecule has 1 atom stereocenters. The molecule has 3 aromatic rings. The standard InChI is InChI=1S/C17H15N3O5S/c21-15(18-8-11-4-3-7-22-11)10-26-17-20-19-16(25-17)14-9-23-12-5-1-2-6-13(12)24-14/h1-7,14H,8-10H2,(H,18,21). The van der Waals surface area contributed by atoms with Gasteiger partial charge < -0.3 is 23.6 Å². The molecule has 26 heavy (non-hydrogen) atoms. The van der Waals surface area contributed by atoms with E-state index in [0.717, 1.165) is 11.8 Å². The van der Waals surface area contributed by atoms with Gasteiger partial charge in [-0.15, -0.1) is 10.2 Å². The number of carbonyl (C=O) groups is 1. The number of nitrogens with zero attached hydrogens (tertiary/aromatic N) is 2. The first kappa shape index (κ1) is 16.5. The van der Waals surface area contributed by atoms with E-state index in [0.29, 0.717) is 34.9 Å². The SMILES string of the molecule is O=C(CSc1nnc(C2COc3ccccc3O2)o1)NCc1ccco1. The van der Waals surface area contributed by atoms with Gasteiger partial charge in [0.05, 0.1) is 18.6 Å². The maximum Gasteiger partial charge on any atom is 0.277 e. The van der Waals surface area contributed by atoms with Crippen LogP contribution in [-0.4, -0.2) is 28.5 Å². The van der Waals surface area contributed by atoms with Gasteiger partial charge in [0, 0.05) is 0 Å². The fourth-order valence-electron chi connectivity index (χ4n) is 2.33. The van der Waals surface area contributed by atoms with Gasteiger partial charge in [-0.05, 0) is 24.3 Å². The van der Waals surface area contributed by atoms with Crippen LogP contribution in [0.1, 0.15) is 17.8 Å². The van der Waals surface area contributed by atoms with E-state index in [2.05, 4.69) is 15.5 Å². The number of hydrogen-bond donors (Lipinski definition) is 1. The molecule has 3 heterocycles. The normalized spacial score (nSPS) is 15.6. The maximum absolute atomic E-state index is 11.8. The van der Waals surface area contributed by atoms with E-state index >= 15 is 0 Å². The topological polar surface area (TPSA) is 99.6 Å². The Kier molecular flexibility index (Phi) is 4.78. The highest BCUT2D eigenvalue weighted by Crippen LogP contribution is 2.35. The van der Waals surface area contributed by atoms with Gasteiger partial charge in [0.1, 0.15) is 12.4 Å². The zero-order chi connectivity index (χ0) is 17.8. The zero-order valence-electron chi connectivity index (χ0n) is 13.6. The first-order valence-corrected chi connectivity index (χ1v) is 8.90. The lowest BCUT2D eigenvalue weighted by atomic mass is 10.2. The Labute approximate surface area is 152 Å². The highest BCUT2D eigenvalue weighted by molar-refractivity contribution is 7.99. The van der Waals surface area contributed by atoms with E-state index in [9.17, 15) is 4.79 Å². The minimum Gasteiger partial charge on any atom is -0.485 e. The van der Waals surface area contributed by atoms with Crippen LogP contribution in [0.25, 0.3) is 0 Å². The zero-order valence-corrected chi connectivity index (χ0v) is 14.4. The number of rotatable bonds is 6. The number of amides is 1. The van der Waals surface area contributed by atoms with E-state index in [4.69, 9.17) is 18.3 Å². The van der Waals surface area contributed by atoms with Crippen LogP contribution in [0.5, 0.6) is 11.5 Å². The predicted octanol–water partition coefficient (Wildman–Crippen LogP) is 2.58. The van der Waals surface area contributed by atoms with Gasteiger partial charge in [0.2, 0.25) is 12.0 Å². The first-order valence-electron chi connectivity index (χ1n) is 7.92. The van der Waals surface area contributed by atoms with Crippen LogP contribution in [0, 0.1) is 0 Å². The van der Waals surface area contributed by atoms with Gasteiger partial charge in [-0.2, -0.15) is 0 Å². The number of para-hydroxylation sites is 2. The summed E-state index contributed by atoms with van der Waals surface area (Å²) < 4.78 is 22.2. The van der Waals surface area contributed by atoms with Gasteiger partial charge in [0.15, 0.2) is 11.5 Å². The molecule has 9 heteroatoms. The van der Waals surface area contributed by atoms with Gasteiger partial charge in [-0.25, -0.2) is 0 Å². The molecule has 0 radical (unpaired) electrons. The second-order valence-electron chi connectivity index (χ2n) is 5.42. The van der Waals surface area contributed by atoms with E-state index < -0.39 is 6.10 Å². The Hall–Kier alpha value is -2.94. The Morgan fingerprint density at radius 3 is 2.92 bits per heavy atom. The van der Waals surface area contributed by atoms with Gasteiger partial charge in [-0.1, -0.05) is 23.9 Å². The van der Waals surface area contributed by atoms with Crippen molar-refractivity contribution in [3.05, 3.63) is 54.3 Å². The number of aromatic nitrogens is 2. The van der Waals surface area contributed by atoms with Crippen molar-refractivity contribution in [1.29, 1.82) is 0 Å². The molecule has 1 N–H and O–H groups in total. The molecule has 4 rings (SSSR count). The summed E-state index contributed by atoms with van der Waals surface area (Å²) in [7, 11) is 0. The molecule has 0 fully saturated rings. The number of fused-ring (bicyclic) bond motifs is 1. The van der Waals surface area contributed by atoms with E-state index in [1.165, 1.54) is 0 Å². The summed E-state index contributed by atoms with van der Waals surface area (Å²) in [4.78, 5) is 11.8. The Balaban J connectivity index is 1.29. The second-order valence-corrected chi connectivity index (χ2v) is 6.34. The molecular formula is C17H15N3O5S. The lowest BCUT2D eigenvalue weighted by Gasteiger charge is -2.23. The fourth-order valence-corrected chi connectivity index (χ4v) is 2.93. The molecule has 134 valence electrons. The summed E-state index contributed by atoms with van der Waals surface area (Å²) in [5.41, 5.74) is 0. The molecule has 1 aliphatic heterocycles. The highest BCUT2D eigenvalue weighted by Gasteiger charge is 2.27. The molecule has 0 bridgehead atoms. The number of nitrogens with one attached hydrogen (secondary N) is 1. The van der Waals surface area contributed by atoms with Crippen LogP contribution >= 0.6 is 11.8 Å². The molecule has 0 spiro atoms. The number of thioether (sulfide) groups is 1. The lowest BCUT2D eigenvalue weighted by molar-refractivity contribution is -0.118. The average molecular weight is 373 g/mol. The number of hydrogen-bond acceptors (Lipinski definition) is 8. The first-order chi connectivity index (χ1) is 12.8. The number of ether oxygens (including phenoxy) is 2. The molecule has 0 aliphatic carbocycles. The molecule has 0 saturated carbocycles. The van der Waals surface area contributed by atoms with Crippen LogP contribution in [0.4, 0.5) is 0 Å². The minimum atomic E-state index is -0.473. The average Bonchev–Trinajstić information content (AvgIpc) is 3.36. The van der Waals surface area contributed by atoms with Crippen LogP contribution in [0.3, 0.4) is 0 Å².